The lowest BCUT2D eigenvalue weighted by Gasteiger charge is -2.26. The summed E-state index contributed by atoms with van der Waals surface area (Å²) >= 11 is 0. The van der Waals surface area contributed by atoms with E-state index in [1.807, 2.05) is 13.8 Å². The number of carbonyl (C=O) groups excluding carboxylic acids is 3. The smallest absolute Gasteiger partial charge is 0.335 e. The summed E-state index contributed by atoms with van der Waals surface area (Å²) in [6.45, 7) is 3.41. The zero-order valence-corrected chi connectivity index (χ0v) is 23.4. The minimum Gasteiger partial charge on any atom is -0.482 e. The number of urea groups is 1. The largest absolute Gasteiger partial charge is 0.482 e. The van der Waals surface area contributed by atoms with Crippen LogP contribution in [0, 0.1) is 17.6 Å². The minimum atomic E-state index is -1.15. The maximum Gasteiger partial charge on any atom is 0.335 e. The molecule has 0 aliphatic rings. The maximum absolute atomic E-state index is 13.6. The highest BCUT2D eigenvalue weighted by Gasteiger charge is 2.22. The van der Waals surface area contributed by atoms with E-state index >= 15 is 0 Å². The number of carbonyl (C=O) groups is 4. The molecule has 0 heterocycles. The standard InChI is InChI=1S/C30H32F2N4O6/c1-19(2)11-12-36(27(37)17-33-30(41)34-23-8-6-7-20(13-23)29(39)40)25-9-4-5-10-26(25)42-18-28(38)35(3)24-15-21(31)14-22(32)16-24/h4-10,13-16,19H,11-12,17-18H2,1-3H3,(H,39,40)(H2,33,34,41). The molecular weight excluding hydrogens is 550 g/mol. The van der Waals surface area contributed by atoms with Crippen LogP contribution in [0.2, 0.25) is 0 Å². The Morgan fingerprint density at radius 3 is 2.29 bits per heavy atom. The Hall–Kier alpha value is -5.00. The maximum atomic E-state index is 13.6. The number of benzene rings is 3. The Morgan fingerprint density at radius 1 is 0.929 bits per heavy atom. The molecular formula is C30H32F2N4O6. The van der Waals surface area contributed by atoms with Gasteiger partial charge in [-0.05, 0) is 54.8 Å². The summed E-state index contributed by atoms with van der Waals surface area (Å²) in [5.74, 6) is -3.38. The van der Waals surface area contributed by atoms with Gasteiger partial charge in [0.15, 0.2) is 6.61 Å². The topological polar surface area (TPSA) is 128 Å². The van der Waals surface area contributed by atoms with E-state index in [1.165, 1.54) is 36.2 Å². The number of carboxylic acids is 1. The molecule has 0 aromatic heterocycles. The third-order valence-corrected chi connectivity index (χ3v) is 6.11. The Kier molecular flexibility index (Phi) is 10.9. The molecule has 0 saturated carbocycles. The molecule has 42 heavy (non-hydrogen) atoms. The molecule has 3 rings (SSSR count). The Balaban J connectivity index is 1.70. The first-order chi connectivity index (χ1) is 19.9. The number of hydrogen-bond acceptors (Lipinski definition) is 5. The van der Waals surface area contributed by atoms with Gasteiger partial charge in [-0.1, -0.05) is 32.0 Å². The van der Waals surface area contributed by atoms with Crippen LogP contribution in [-0.2, 0) is 9.59 Å². The van der Waals surface area contributed by atoms with Crippen LogP contribution in [0.25, 0.3) is 0 Å². The third-order valence-electron chi connectivity index (χ3n) is 6.11. The van der Waals surface area contributed by atoms with Gasteiger partial charge in [0, 0.05) is 31.0 Å². The van der Waals surface area contributed by atoms with Crippen LogP contribution in [0.4, 0.5) is 30.6 Å². The summed E-state index contributed by atoms with van der Waals surface area (Å²) in [5.41, 5.74) is 0.618. The Morgan fingerprint density at radius 2 is 1.62 bits per heavy atom. The molecule has 0 fully saturated rings. The van der Waals surface area contributed by atoms with E-state index < -0.39 is 42.1 Å². The molecule has 0 bridgehead atoms. The molecule has 0 atom stereocenters. The summed E-state index contributed by atoms with van der Waals surface area (Å²) in [6, 6.07) is 14.3. The van der Waals surface area contributed by atoms with Crippen molar-refractivity contribution in [2.75, 3.05) is 41.9 Å². The summed E-state index contributed by atoms with van der Waals surface area (Å²) < 4.78 is 33.0. The number of halogens is 2. The molecule has 0 saturated heterocycles. The molecule has 3 N–H and O–H groups in total. The molecule has 4 amide bonds. The number of likely N-dealkylation sites (N-methyl/N-ethyl adjacent to an activating group) is 1. The molecule has 0 unspecified atom stereocenters. The highest BCUT2D eigenvalue weighted by Crippen LogP contribution is 2.29. The lowest BCUT2D eigenvalue weighted by molar-refractivity contribution is -0.120. The molecule has 222 valence electrons. The van der Waals surface area contributed by atoms with Crippen molar-refractivity contribution in [1.29, 1.82) is 0 Å². The predicted octanol–water partition coefficient (Wildman–Crippen LogP) is 4.91. The lowest BCUT2D eigenvalue weighted by Crippen LogP contribution is -2.42. The second kappa shape index (κ2) is 14.6. The molecule has 0 aliphatic carbocycles. The first-order valence-corrected chi connectivity index (χ1v) is 13.1. The van der Waals surface area contributed by atoms with Crippen molar-refractivity contribution in [2.45, 2.75) is 20.3 Å². The summed E-state index contributed by atoms with van der Waals surface area (Å²) in [4.78, 5) is 52.2. The number of ether oxygens (including phenoxy) is 1. The highest BCUT2D eigenvalue weighted by molar-refractivity contribution is 6.00. The van der Waals surface area contributed by atoms with Gasteiger partial charge in [0.2, 0.25) is 5.91 Å². The summed E-state index contributed by atoms with van der Waals surface area (Å²) in [5, 5.41) is 14.1. The first kappa shape index (κ1) is 31.5. The van der Waals surface area contributed by atoms with Crippen LogP contribution in [0.5, 0.6) is 5.75 Å². The molecule has 0 radical (unpaired) electrons. The lowest BCUT2D eigenvalue weighted by atomic mass is 10.1. The molecule has 0 spiro atoms. The molecule has 0 aliphatic heterocycles. The van der Waals surface area contributed by atoms with Crippen molar-refractivity contribution in [3.8, 4) is 5.75 Å². The van der Waals surface area contributed by atoms with Crippen molar-refractivity contribution >= 4 is 40.9 Å². The Bertz CT molecular complexity index is 1430. The van der Waals surface area contributed by atoms with Crippen LogP contribution in [0.1, 0.15) is 30.6 Å². The van der Waals surface area contributed by atoms with Crippen molar-refractivity contribution in [3.63, 3.8) is 0 Å². The van der Waals surface area contributed by atoms with Gasteiger partial charge in [-0.25, -0.2) is 18.4 Å². The number of anilines is 3. The van der Waals surface area contributed by atoms with Crippen LogP contribution >= 0.6 is 0 Å². The van der Waals surface area contributed by atoms with Gasteiger partial charge in [0.05, 0.1) is 17.8 Å². The van der Waals surface area contributed by atoms with Gasteiger partial charge >= 0.3 is 12.0 Å². The zero-order chi connectivity index (χ0) is 30.8. The van der Waals surface area contributed by atoms with E-state index in [4.69, 9.17) is 9.84 Å². The number of nitrogens with zero attached hydrogens (tertiary/aromatic N) is 2. The van der Waals surface area contributed by atoms with Gasteiger partial charge in [-0.15, -0.1) is 0 Å². The molecule has 3 aromatic carbocycles. The number of amides is 4. The fourth-order valence-corrected chi connectivity index (χ4v) is 3.84. The van der Waals surface area contributed by atoms with Crippen LogP contribution in [-0.4, -0.2) is 55.7 Å². The van der Waals surface area contributed by atoms with E-state index in [1.54, 1.807) is 24.3 Å². The van der Waals surface area contributed by atoms with Crippen molar-refractivity contribution < 1.29 is 37.8 Å². The average Bonchev–Trinajstić information content (AvgIpc) is 2.94. The second-order valence-corrected chi connectivity index (χ2v) is 9.76. The van der Waals surface area contributed by atoms with Crippen LogP contribution in [0.3, 0.4) is 0 Å². The van der Waals surface area contributed by atoms with Crippen molar-refractivity contribution in [1.82, 2.24) is 5.32 Å². The van der Waals surface area contributed by atoms with E-state index in [2.05, 4.69) is 10.6 Å². The monoisotopic (exact) mass is 582 g/mol. The van der Waals surface area contributed by atoms with E-state index in [-0.39, 0.29) is 41.7 Å². The zero-order valence-electron chi connectivity index (χ0n) is 23.4. The molecule has 12 heteroatoms. The third kappa shape index (κ3) is 9.01. The van der Waals surface area contributed by atoms with Crippen LogP contribution < -0.4 is 25.2 Å². The van der Waals surface area contributed by atoms with Crippen LogP contribution in [0.15, 0.2) is 66.7 Å². The summed E-state index contributed by atoms with van der Waals surface area (Å²) in [6.07, 6.45) is 0.626. The predicted molar refractivity (Wildman–Crippen MR) is 154 cm³/mol. The number of carboxylic acid groups (broad SMARTS) is 1. The SMILES string of the molecule is CC(C)CCN(C(=O)CNC(=O)Nc1cccc(C(=O)O)c1)c1ccccc1OCC(=O)N(C)c1cc(F)cc(F)c1. The first-order valence-electron chi connectivity index (χ1n) is 13.1. The van der Waals surface area contributed by atoms with E-state index in [9.17, 15) is 28.0 Å². The van der Waals surface area contributed by atoms with Gasteiger partial charge in [0.25, 0.3) is 5.91 Å². The van der Waals surface area contributed by atoms with Gasteiger partial charge < -0.3 is 30.3 Å². The van der Waals surface area contributed by atoms with Crippen molar-refractivity contribution in [3.05, 3.63) is 83.9 Å². The molecule has 3 aromatic rings. The minimum absolute atomic E-state index is 0.00637. The second-order valence-electron chi connectivity index (χ2n) is 9.76. The normalized spacial score (nSPS) is 10.6. The quantitative estimate of drug-likeness (QED) is 0.279. The van der Waals surface area contributed by atoms with Gasteiger partial charge in [0.1, 0.15) is 17.4 Å². The number of rotatable bonds is 12. The van der Waals surface area contributed by atoms with E-state index in [0.29, 0.717) is 18.2 Å². The number of hydrogen-bond donors (Lipinski definition) is 3. The number of para-hydroxylation sites is 2. The fraction of sp³-hybridized carbons (Fsp3) is 0.267. The molecule has 10 nitrogen and oxygen atoms in total. The fourth-order valence-electron chi connectivity index (χ4n) is 3.84. The Labute approximate surface area is 241 Å². The summed E-state index contributed by atoms with van der Waals surface area (Å²) in [7, 11) is 1.36. The number of aromatic carboxylic acids is 1. The average molecular weight is 583 g/mol. The van der Waals surface area contributed by atoms with Crippen molar-refractivity contribution in [2.24, 2.45) is 5.92 Å². The van der Waals surface area contributed by atoms with E-state index in [0.717, 1.165) is 17.0 Å². The van der Waals surface area contributed by atoms with Gasteiger partial charge in [-0.3, -0.25) is 9.59 Å². The van der Waals surface area contributed by atoms with Gasteiger partial charge in [-0.2, -0.15) is 0 Å². The number of nitrogens with one attached hydrogen (secondary N) is 2. The highest BCUT2D eigenvalue weighted by atomic mass is 19.1.